The van der Waals surface area contributed by atoms with E-state index in [0.29, 0.717) is 0 Å². The molecule has 0 unspecified atom stereocenters. The summed E-state index contributed by atoms with van der Waals surface area (Å²) in [7, 11) is 4.23. The Hall–Kier alpha value is -2.00. The zero-order valence-corrected chi connectivity index (χ0v) is 13.8. The Bertz CT molecular complexity index is 771. The number of nitrogens with zero attached hydrogens (tertiary/aromatic N) is 2. The van der Waals surface area contributed by atoms with Crippen molar-refractivity contribution >= 4 is 27.5 Å². The molecule has 0 aliphatic carbocycles. The molecule has 1 N–H and O–H groups in total. The molecule has 0 aliphatic heterocycles. The minimum absolute atomic E-state index is 1.000. The number of nitrogens with one attached hydrogen (secondary N) is 1. The van der Waals surface area contributed by atoms with Gasteiger partial charge in [-0.1, -0.05) is 18.2 Å². The summed E-state index contributed by atoms with van der Waals surface area (Å²) in [5.74, 6) is 0. The van der Waals surface area contributed by atoms with Gasteiger partial charge >= 0.3 is 0 Å². The molecule has 3 rings (SSSR count). The SMILES string of the molecule is CCn1c2ccccc2c2cc(NCCCN(C)C)ccc21. The number of aryl methyl sites for hydroxylation is 1. The molecule has 116 valence electrons. The van der Waals surface area contributed by atoms with Gasteiger partial charge in [-0.2, -0.15) is 0 Å². The van der Waals surface area contributed by atoms with E-state index in [2.05, 4.69) is 78.3 Å². The monoisotopic (exact) mass is 295 g/mol. The molecule has 22 heavy (non-hydrogen) atoms. The Morgan fingerprint density at radius 3 is 2.55 bits per heavy atom. The molecule has 0 amide bonds. The Labute approximate surface area is 132 Å². The normalized spacial score (nSPS) is 11.6. The third-order valence-corrected chi connectivity index (χ3v) is 4.20. The molecule has 0 saturated heterocycles. The first kappa shape index (κ1) is 14.9. The molecule has 1 heterocycles. The number of aromatic nitrogens is 1. The Balaban J connectivity index is 1.91. The second-order valence-electron chi connectivity index (χ2n) is 6.08. The summed E-state index contributed by atoms with van der Waals surface area (Å²) in [6.45, 7) is 5.33. The minimum Gasteiger partial charge on any atom is -0.385 e. The third-order valence-electron chi connectivity index (χ3n) is 4.20. The second-order valence-corrected chi connectivity index (χ2v) is 6.08. The first-order valence-electron chi connectivity index (χ1n) is 8.10. The highest BCUT2D eigenvalue weighted by molar-refractivity contribution is 6.09. The van der Waals surface area contributed by atoms with Gasteiger partial charge in [0.05, 0.1) is 0 Å². The van der Waals surface area contributed by atoms with Crippen molar-refractivity contribution in [3.63, 3.8) is 0 Å². The van der Waals surface area contributed by atoms with Crippen molar-refractivity contribution in [1.82, 2.24) is 9.47 Å². The number of hydrogen-bond acceptors (Lipinski definition) is 2. The van der Waals surface area contributed by atoms with Crippen LogP contribution in [0.1, 0.15) is 13.3 Å². The van der Waals surface area contributed by atoms with Crippen LogP contribution in [0.15, 0.2) is 42.5 Å². The lowest BCUT2D eigenvalue weighted by molar-refractivity contribution is 0.405. The molecule has 0 saturated carbocycles. The molecule has 2 aromatic carbocycles. The van der Waals surface area contributed by atoms with Gasteiger partial charge in [0.1, 0.15) is 0 Å². The van der Waals surface area contributed by atoms with Gasteiger partial charge in [0.25, 0.3) is 0 Å². The lowest BCUT2D eigenvalue weighted by atomic mass is 10.1. The van der Waals surface area contributed by atoms with E-state index in [0.717, 1.165) is 26.1 Å². The lowest BCUT2D eigenvalue weighted by Crippen LogP contribution is -2.16. The molecule has 3 heteroatoms. The molecule has 0 aliphatic rings. The van der Waals surface area contributed by atoms with Gasteiger partial charge in [0.15, 0.2) is 0 Å². The lowest BCUT2D eigenvalue weighted by Gasteiger charge is -2.11. The number of fused-ring (bicyclic) bond motifs is 3. The van der Waals surface area contributed by atoms with Crippen LogP contribution >= 0.6 is 0 Å². The quantitative estimate of drug-likeness (QED) is 0.688. The molecule has 3 nitrogen and oxygen atoms in total. The summed E-state index contributed by atoms with van der Waals surface area (Å²) in [5, 5.41) is 6.23. The van der Waals surface area contributed by atoms with Gasteiger partial charge in [-0.25, -0.2) is 0 Å². The van der Waals surface area contributed by atoms with E-state index in [1.165, 1.54) is 27.5 Å². The zero-order valence-electron chi connectivity index (χ0n) is 13.8. The van der Waals surface area contributed by atoms with E-state index in [4.69, 9.17) is 0 Å². The summed E-state index contributed by atoms with van der Waals surface area (Å²) >= 11 is 0. The first-order valence-corrected chi connectivity index (χ1v) is 8.10. The van der Waals surface area contributed by atoms with Crippen molar-refractivity contribution < 1.29 is 0 Å². The molecule has 0 spiro atoms. The zero-order chi connectivity index (χ0) is 15.5. The maximum absolute atomic E-state index is 3.55. The number of anilines is 1. The smallest absolute Gasteiger partial charge is 0.0492 e. The minimum atomic E-state index is 1.000. The van der Waals surface area contributed by atoms with Gasteiger partial charge in [-0.05, 0) is 58.3 Å². The maximum Gasteiger partial charge on any atom is 0.0492 e. The van der Waals surface area contributed by atoms with Crippen LogP contribution in [0, 0.1) is 0 Å². The van der Waals surface area contributed by atoms with Crippen LogP contribution in [0.25, 0.3) is 21.8 Å². The van der Waals surface area contributed by atoms with E-state index < -0.39 is 0 Å². The summed E-state index contributed by atoms with van der Waals surface area (Å²) in [6, 6.07) is 15.4. The van der Waals surface area contributed by atoms with Crippen molar-refractivity contribution in [3.8, 4) is 0 Å². The van der Waals surface area contributed by atoms with Crippen molar-refractivity contribution in [2.45, 2.75) is 19.9 Å². The van der Waals surface area contributed by atoms with Crippen LogP contribution in [0.2, 0.25) is 0 Å². The highest BCUT2D eigenvalue weighted by Crippen LogP contribution is 2.30. The van der Waals surface area contributed by atoms with E-state index in [1.807, 2.05) is 0 Å². The predicted molar refractivity (Wildman–Crippen MR) is 96.8 cm³/mol. The van der Waals surface area contributed by atoms with E-state index in [9.17, 15) is 0 Å². The van der Waals surface area contributed by atoms with Crippen molar-refractivity contribution in [3.05, 3.63) is 42.5 Å². The van der Waals surface area contributed by atoms with Gasteiger partial charge in [0, 0.05) is 40.6 Å². The van der Waals surface area contributed by atoms with Gasteiger partial charge in [0.2, 0.25) is 0 Å². The van der Waals surface area contributed by atoms with Crippen LogP contribution in [-0.2, 0) is 6.54 Å². The number of rotatable bonds is 6. The number of para-hydroxylation sites is 1. The second kappa shape index (κ2) is 6.41. The Morgan fingerprint density at radius 1 is 1.00 bits per heavy atom. The summed E-state index contributed by atoms with van der Waals surface area (Å²) in [5.41, 5.74) is 3.86. The van der Waals surface area contributed by atoms with Gasteiger partial charge in [-0.15, -0.1) is 0 Å². The van der Waals surface area contributed by atoms with E-state index in [1.54, 1.807) is 0 Å². The average molecular weight is 295 g/mol. The molecule has 3 aromatic rings. The highest BCUT2D eigenvalue weighted by atomic mass is 15.1. The molecular weight excluding hydrogens is 270 g/mol. The molecular formula is C19H25N3. The third kappa shape index (κ3) is 2.81. The van der Waals surface area contributed by atoms with Crippen LogP contribution in [0.5, 0.6) is 0 Å². The average Bonchev–Trinajstić information content (AvgIpc) is 2.84. The van der Waals surface area contributed by atoms with E-state index >= 15 is 0 Å². The van der Waals surface area contributed by atoms with Crippen molar-refractivity contribution in [1.29, 1.82) is 0 Å². The van der Waals surface area contributed by atoms with Gasteiger partial charge < -0.3 is 14.8 Å². The standard InChI is InChI=1S/C19H25N3/c1-4-22-18-9-6-5-8-16(18)17-14-15(10-11-19(17)22)20-12-7-13-21(2)3/h5-6,8-11,14,20H,4,7,12-13H2,1-3H3. The largest absolute Gasteiger partial charge is 0.385 e. The van der Waals surface area contributed by atoms with Crippen LogP contribution in [0.4, 0.5) is 5.69 Å². The summed E-state index contributed by atoms with van der Waals surface area (Å²) in [4.78, 5) is 2.22. The molecule has 1 aromatic heterocycles. The fraction of sp³-hybridized carbons (Fsp3) is 0.368. The fourth-order valence-electron chi connectivity index (χ4n) is 3.13. The molecule has 0 bridgehead atoms. The summed E-state index contributed by atoms with van der Waals surface area (Å²) in [6.07, 6.45) is 1.15. The van der Waals surface area contributed by atoms with E-state index in [-0.39, 0.29) is 0 Å². The molecule has 0 fully saturated rings. The molecule has 0 atom stereocenters. The summed E-state index contributed by atoms with van der Waals surface area (Å²) < 4.78 is 2.39. The van der Waals surface area contributed by atoms with Crippen LogP contribution < -0.4 is 5.32 Å². The highest BCUT2D eigenvalue weighted by Gasteiger charge is 2.09. The Kier molecular flexibility index (Phi) is 4.34. The van der Waals surface area contributed by atoms with Crippen molar-refractivity contribution in [2.24, 2.45) is 0 Å². The van der Waals surface area contributed by atoms with Crippen LogP contribution in [-0.4, -0.2) is 36.7 Å². The van der Waals surface area contributed by atoms with Crippen LogP contribution in [0.3, 0.4) is 0 Å². The molecule has 0 radical (unpaired) electrons. The topological polar surface area (TPSA) is 20.2 Å². The number of benzene rings is 2. The maximum atomic E-state index is 3.55. The first-order chi connectivity index (χ1) is 10.7. The fourth-order valence-corrected chi connectivity index (χ4v) is 3.13. The predicted octanol–water partition coefficient (Wildman–Crippen LogP) is 4.18. The Morgan fingerprint density at radius 2 is 1.77 bits per heavy atom. The van der Waals surface area contributed by atoms with Crippen molar-refractivity contribution in [2.75, 3.05) is 32.5 Å². The van der Waals surface area contributed by atoms with Gasteiger partial charge in [-0.3, -0.25) is 0 Å². The number of hydrogen-bond donors (Lipinski definition) is 1.